The molecule has 0 spiro atoms. The van der Waals surface area contributed by atoms with Crippen LogP contribution in [0.4, 0.5) is 22.0 Å². The molecule has 0 rings (SSSR count). The van der Waals surface area contributed by atoms with E-state index in [9.17, 15) is 31.5 Å². The van der Waals surface area contributed by atoms with Crippen molar-refractivity contribution in [3.05, 3.63) is 0 Å². The summed E-state index contributed by atoms with van der Waals surface area (Å²) in [6.07, 6.45) is -5.93. The van der Waals surface area contributed by atoms with Crippen molar-refractivity contribution in [2.75, 3.05) is 13.1 Å². The van der Waals surface area contributed by atoms with Crippen molar-refractivity contribution in [2.45, 2.75) is 19.0 Å². The van der Waals surface area contributed by atoms with E-state index in [2.05, 4.69) is 5.32 Å². The van der Waals surface area contributed by atoms with Gasteiger partial charge < -0.3 is 10.6 Å². The fourth-order valence-corrected chi connectivity index (χ4v) is 0.654. The van der Waals surface area contributed by atoms with Crippen molar-refractivity contribution in [1.82, 2.24) is 10.6 Å². The number of carbonyl (C=O) groups excluding carboxylic acids is 2. The Labute approximate surface area is 87.2 Å². The lowest BCUT2D eigenvalue weighted by molar-refractivity contribution is -0.269. The van der Waals surface area contributed by atoms with Crippen LogP contribution in [0, 0.1) is 0 Å². The first-order chi connectivity index (χ1) is 7.09. The van der Waals surface area contributed by atoms with Crippen LogP contribution in [-0.4, -0.2) is 37.0 Å². The monoisotopic (exact) mass is 248 g/mol. The van der Waals surface area contributed by atoms with Crippen molar-refractivity contribution in [3.8, 4) is 0 Å². The second-order valence-electron chi connectivity index (χ2n) is 2.81. The van der Waals surface area contributed by atoms with Crippen LogP contribution >= 0.6 is 0 Å². The third kappa shape index (κ3) is 3.99. The van der Waals surface area contributed by atoms with Crippen molar-refractivity contribution >= 4 is 11.8 Å². The summed E-state index contributed by atoms with van der Waals surface area (Å²) in [6.45, 7) is 0.394. The van der Waals surface area contributed by atoms with Gasteiger partial charge in [-0.3, -0.25) is 9.59 Å². The second kappa shape index (κ2) is 5.08. The highest BCUT2D eigenvalue weighted by Crippen LogP contribution is 2.35. The molecule has 0 aliphatic rings. The predicted molar refractivity (Wildman–Crippen MR) is 42.7 cm³/mol. The maximum absolute atomic E-state index is 12.3. The standard InChI is InChI=1S/C7H9F5N2O2/c1-4(15)13-2-3-14-5(16)6(8,9)7(10,11)12/h2-3H2,1H3,(H,13,15)(H,14,16). The summed E-state index contributed by atoms with van der Waals surface area (Å²) in [7, 11) is 0. The molecule has 0 aromatic carbocycles. The van der Waals surface area contributed by atoms with Gasteiger partial charge in [0.15, 0.2) is 0 Å². The molecule has 2 amide bonds. The van der Waals surface area contributed by atoms with Gasteiger partial charge in [0.25, 0.3) is 5.91 Å². The van der Waals surface area contributed by atoms with Crippen LogP contribution in [0.2, 0.25) is 0 Å². The number of rotatable bonds is 4. The number of hydrogen-bond donors (Lipinski definition) is 2. The molecule has 0 aliphatic heterocycles. The van der Waals surface area contributed by atoms with E-state index in [0.29, 0.717) is 0 Å². The zero-order valence-electron chi connectivity index (χ0n) is 8.12. The third-order valence-electron chi connectivity index (χ3n) is 1.43. The van der Waals surface area contributed by atoms with E-state index >= 15 is 0 Å². The smallest absolute Gasteiger partial charge is 0.355 e. The Bertz CT molecular complexity index is 276. The van der Waals surface area contributed by atoms with Crippen LogP contribution in [0.5, 0.6) is 0 Å². The lowest BCUT2D eigenvalue weighted by Crippen LogP contribution is -2.51. The zero-order valence-corrected chi connectivity index (χ0v) is 8.12. The first-order valence-electron chi connectivity index (χ1n) is 4.06. The van der Waals surface area contributed by atoms with Gasteiger partial charge in [0.05, 0.1) is 0 Å². The summed E-state index contributed by atoms with van der Waals surface area (Å²) in [6, 6.07) is 0. The second-order valence-corrected chi connectivity index (χ2v) is 2.81. The number of nitrogens with one attached hydrogen (secondary N) is 2. The number of hydrogen-bond acceptors (Lipinski definition) is 2. The van der Waals surface area contributed by atoms with E-state index in [1.54, 1.807) is 0 Å². The average molecular weight is 248 g/mol. The summed E-state index contributed by atoms with van der Waals surface area (Å²) >= 11 is 0. The van der Waals surface area contributed by atoms with Crippen molar-refractivity contribution < 1.29 is 31.5 Å². The first-order valence-corrected chi connectivity index (χ1v) is 4.06. The molecular formula is C7H9F5N2O2. The van der Waals surface area contributed by atoms with Crippen LogP contribution in [0.1, 0.15) is 6.92 Å². The SMILES string of the molecule is CC(=O)NCCNC(=O)C(F)(F)C(F)(F)F. The van der Waals surface area contributed by atoms with Crippen LogP contribution in [0.3, 0.4) is 0 Å². The van der Waals surface area contributed by atoms with Gasteiger partial charge in [-0.15, -0.1) is 0 Å². The summed E-state index contributed by atoms with van der Waals surface area (Å²) in [4.78, 5) is 20.8. The Hall–Kier alpha value is -1.41. The number of alkyl halides is 5. The molecule has 0 aliphatic carbocycles. The minimum Gasteiger partial charge on any atom is -0.355 e. The molecule has 0 saturated carbocycles. The van der Waals surface area contributed by atoms with Gasteiger partial charge in [-0.2, -0.15) is 22.0 Å². The number of carbonyl (C=O) groups is 2. The molecule has 4 nitrogen and oxygen atoms in total. The number of amides is 2. The summed E-state index contributed by atoms with van der Waals surface area (Å²) in [5.74, 6) is -8.36. The molecule has 9 heteroatoms. The predicted octanol–water partition coefficient (Wildman–Crippen LogP) is 0.436. The van der Waals surface area contributed by atoms with Gasteiger partial charge >= 0.3 is 12.1 Å². The van der Waals surface area contributed by atoms with Crippen LogP contribution in [0.15, 0.2) is 0 Å². The quantitative estimate of drug-likeness (QED) is 0.560. The van der Waals surface area contributed by atoms with Crippen molar-refractivity contribution in [2.24, 2.45) is 0 Å². The first kappa shape index (κ1) is 14.6. The molecule has 0 aromatic rings. The van der Waals surface area contributed by atoms with E-state index in [4.69, 9.17) is 0 Å². The molecule has 16 heavy (non-hydrogen) atoms. The third-order valence-corrected chi connectivity index (χ3v) is 1.43. The molecule has 0 aromatic heterocycles. The van der Waals surface area contributed by atoms with Gasteiger partial charge in [0, 0.05) is 20.0 Å². The highest BCUT2D eigenvalue weighted by molar-refractivity contribution is 5.84. The lowest BCUT2D eigenvalue weighted by Gasteiger charge is -2.18. The maximum atomic E-state index is 12.3. The minimum atomic E-state index is -5.93. The molecular weight excluding hydrogens is 239 g/mol. The fourth-order valence-electron chi connectivity index (χ4n) is 0.654. The highest BCUT2D eigenvalue weighted by atomic mass is 19.4. The van der Waals surface area contributed by atoms with Gasteiger partial charge in [-0.25, -0.2) is 0 Å². The molecule has 0 radical (unpaired) electrons. The fraction of sp³-hybridized carbons (Fsp3) is 0.714. The Balaban J connectivity index is 4.12. The molecule has 94 valence electrons. The largest absolute Gasteiger partial charge is 0.463 e. The average Bonchev–Trinajstić information content (AvgIpc) is 2.09. The van der Waals surface area contributed by atoms with Gasteiger partial charge in [0.2, 0.25) is 5.91 Å². The summed E-state index contributed by atoms with van der Waals surface area (Å²) in [5.41, 5.74) is 0. The summed E-state index contributed by atoms with van der Waals surface area (Å²) in [5, 5.41) is 3.47. The minimum absolute atomic E-state index is 0.227. The highest BCUT2D eigenvalue weighted by Gasteiger charge is 2.63. The summed E-state index contributed by atoms with van der Waals surface area (Å²) < 4.78 is 59.5. The van der Waals surface area contributed by atoms with E-state index < -0.39 is 30.5 Å². The maximum Gasteiger partial charge on any atom is 0.463 e. The Morgan fingerprint density at radius 2 is 1.44 bits per heavy atom. The van der Waals surface area contributed by atoms with Gasteiger partial charge in [-0.05, 0) is 0 Å². The molecule has 0 bridgehead atoms. The molecule has 0 heterocycles. The topological polar surface area (TPSA) is 58.2 Å². The van der Waals surface area contributed by atoms with Gasteiger partial charge in [-0.1, -0.05) is 0 Å². The van der Waals surface area contributed by atoms with Crippen molar-refractivity contribution in [3.63, 3.8) is 0 Å². The Kier molecular flexibility index (Phi) is 4.63. The van der Waals surface area contributed by atoms with E-state index in [-0.39, 0.29) is 6.54 Å². The number of halogens is 5. The van der Waals surface area contributed by atoms with Crippen LogP contribution in [-0.2, 0) is 9.59 Å². The Morgan fingerprint density at radius 3 is 1.81 bits per heavy atom. The molecule has 0 atom stereocenters. The molecule has 0 unspecified atom stereocenters. The van der Waals surface area contributed by atoms with Gasteiger partial charge in [0.1, 0.15) is 0 Å². The molecule has 2 N–H and O–H groups in total. The van der Waals surface area contributed by atoms with E-state index in [0.717, 1.165) is 6.92 Å². The normalized spacial score (nSPS) is 12.1. The zero-order chi connectivity index (χ0) is 13.0. The van der Waals surface area contributed by atoms with Crippen molar-refractivity contribution in [1.29, 1.82) is 0 Å². The van der Waals surface area contributed by atoms with E-state index in [1.165, 1.54) is 5.32 Å². The van der Waals surface area contributed by atoms with Crippen LogP contribution in [0.25, 0.3) is 0 Å². The molecule has 0 saturated heterocycles. The van der Waals surface area contributed by atoms with E-state index in [1.807, 2.05) is 0 Å². The van der Waals surface area contributed by atoms with Crippen LogP contribution < -0.4 is 10.6 Å². The lowest BCUT2D eigenvalue weighted by atomic mass is 10.3. The Morgan fingerprint density at radius 1 is 1.00 bits per heavy atom. The molecule has 0 fully saturated rings.